The molecular formula is C30H28FN3O3. The van der Waals surface area contributed by atoms with E-state index in [0.29, 0.717) is 30.8 Å². The number of aromatic nitrogens is 1. The number of ether oxygens (including phenoxy) is 1. The van der Waals surface area contributed by atoms with Crippen LogP contribution in [0.2, 0.25) is 0 Å². The Balaban J connectivity index is 1.42. The van der Waals surface area contributed by atoms with E-state index in [9.17, 15) is 14.0 Å². The minimum Gasteiger partial charge on any atom is -0.494 e. The van der Waals surface area contributed by atoms with Gasteiger partial charge in [-0.3, -0.25) is 9.59 Å². The van der Waals surface area contributed by atoms with Crippen molar-refractivity contribution < 1.29 is 18.7 Å². The molecule has 2 aliphatic rings. The maximum absolute atomic E-state index is 14.2. The lowest BCUT2D eigenvalue weighted by molar-refractivity contribution is -0.158. The third-order valence-electron chi connectivity index (χ3n) is 7.46. The second kappa shape index (κ2) is 9.39. The number of nitrogens with one attached hydrogen (secondary N) is 1. The van der Waals surface area contributed by atoms with Gasteiger partial charge in [-0.2, -0.15) is 0 Å². The van der Waals surface area contributed by atoms with Crippen LogP contribution in [0.3, 0.4) is 0 Å². The van der Waals surface area contributed by atoms with E-state index in [4.69, 9.17) is 4.74 Å². The molecular weight excluding hydrogens is 469 g/mol. The van der Waals surface area contributed by atoms with E-state index < -0.39 is 12.1 Å². The van der Waals surface area contributed by atoms with Gasteiger partial charge in [-0.25, -0.2) is 4.39 Å². The molecule has 1 saturated heterocycles. The predicted molar refractivity (Wildman–Crippen MR) is 139 cm³/mol. The molecule has 6 nitrogen and oxygen atoms in total. The summed E-state index contributed by atoms with van der Waals surface area (Å²) in [5.74, 6) is 0.167. The Hall–Kier alpha value is -4.13. The third-order valence-corrected chi connectivity index (χ3v) is 7.46. The average molecular weight is 498 g/mol. The van der Waals surface area contributed by atoms with E-state index >= 15 is 0 Å². The number of benzene rings is 3. The van der Waals surface area contributed by atoms with E-state index in [2.05, 4.69) is 11.1 Å². The molecule has 3 aromatic carbocycles. The normalized spacial score (nSPS) is 19.2. The van der Waals surface area contributed by atoms with Crippen LogP contribution in [0.5, 0.6) is 5.75 Å². The zero-order valence-electron chi connectivity index (χ0n) is 20.6. The van der Waals surface area contributed by atoms with Crippen molar-refractivity contribution >= 4 is 22.7 Å². The Bertz CT molecular complexity index is 1500. The summed E-state index contributed by atoms with van der Waals surface area (Å²) in [6, 6.07) is 21.2. The summed E-state index contributed by atoms with van der Waals surface area (Å²) in [7, 11) is 0. The number of para-hydroxylation sites is 2. The molecule has 0 bridgehead atoms. The number of amides is 2. The quantitative estimate of drug-likeness (QED) is 0.422. The maximum atomic E-state index is 14.2. The summed E-state index contributed by atoms with van der Waals surface area (Å²) < 4.78 is 20.2. The van der Waals surface area contributed by atoms with Gasteiger partial charge in [-0.15, -0.1) is 0 Å². The molecule has 4 aromatic rings. The van der Waals surface area contributed by atoms with Crippen molar-refractivity contribution in [1.29, 1.82) is 0 Å². The zero-order chi connectivity index (χ0) is 25.5. The van der Waals surface area contributed by atoms with Crippen LogP contribution in [0.1, 0.15) is 35.3 Å². The van der Waals surface area contributed by atoms with Gasteiger partial charge in [0.1, 0.15) is 23.7 Å². The SMILES string of the molecule is CCOc1ccccc1C1c2[nH]c3ccccc3c2CC2C(=O)N(CCc3ccccc3F)CC(=O)N21. The molecule has 7 heteroatoms. The van der Waals surface area contributed by atoms with Gasteiger partial charge in [-0.1, -0.05) is 54.6 Å². The van der Waals surface area contributed by atoms with Gasteiger partial charge in [0.15, 0.2) is 0 Å². The van der Waals surface area contributed by atoms with Crippen LogP contribution in [-0.4, -0.2) is 52.3 Å². The van der Waals surface area contributed by atoms with Crippen LogP contribution in [-0.2, 0) is 22.4 Å². The van der Waals surface area contributed by atoms with Crippen molar-refractivity contribution in [2.45, 2.75) is 31.8 Å². The Labute approximate surface area is 214 Å². The number of fused-ring (bicyclic) bond motifs is 4. The van der Waals surface area contributed by atoms with Crippen molar-refractivity contribution in [2.75, 3.05) is 19.7 Å². The number of rotatable bonds is 6. The van der Waals surface area contributed by atoms with E-state index in [1.807, 2.05) is 49.4 Å². The fourth-order valence-corrected chi connectivity index (χ4v) is 5.79. The van der Waals surface area contributed by atoms with Crippen molar-refractivity contribution in [1.82, 2.24) is 14.8 Å². The van der Waals surface area contributed by atoms with Crippen molar-refractivity contribution in [2.24, 2.45) is 0 Å². The molecule has 3 heterocycles. The summed E-state index contributed by atoms with van der Waals surface area (Å²) >= 11 is 0. The number of nitrogens with zero attached hydrogens (tertiary/aromatic N) is 2. The van der Waals surface area contributed by atoms with E-state index in [1.54, 1.807) is 28.0 Å². The molecule has 0 radical (unpaired) electrons. The lowest BCUT2D eigenvalue weighted by atomic mass is 9.86. The predicted octanol–water partition coefficient (Wildman–Crippen LogP) is 4.63. The molecule has 37 heavy (non-hydrogen) atoms. The molecule has 2 atom stereocenters. The number of carbonyl (C=O) groups excluding carboxylic acids is 2. The highest BCUT2D eigenvalue weighted by Gasteiger charge is 2.48. The van der Waals surface area contributed by atoms with Crippen molar-refractivity contribution in [3.8, 4) is 5.75 Å². The first-order valence-electron chi connectivity index (χ1n) is 12.7. The monoisotopic (exact) mass is 497 g/mol. The van der Waals surface area contributed by atoms with Gasteiger partial charge < -0.3 is 19.5 Å². The molecule has 6 rings (SSSR count). The smallest absolute Gasteiger partial charge is 0.246 e. The topological polar surface area (TPSA) is 65.6 Å². The minimum absolute atomic E-state index is 0.0351. The largest absolute Gasteiger partial charge is 0.494 e. The number of hydrogen-bond donors (Lipinski definition) is 1. The van der Waals surface area contributed by atoms with Gasteiger partial charge in [0.2, 0.25) is 11.8 Å². The number of aromatic amines is 1. The Morgan fingerprint density at radius 1 is 1.00 bits per heavy atom. The van der Waals surface area contributed by atoms with Crippen LogP contribution in [0, 0.1) is 5.82 Å². The van der Waals surface area contributed by atoms with Crippen LogP contribution in [0.25, 0.3) is 10.9 Å². The summed E-state index contributed by atoms with van der Waals surface area (Å²) in [6.07, 6.45) is 0.779. The van der Waals surface area contributed by atoms with Gasteiger partial charge in [0.05, 0.1) is 13.2 Å². The molecule has 188 valence electrons. The summed E-state index contributed by atoms with van der Waals surface area (Å²) in [6.45, 7) is 2.67. The standard InChI is InChI=1S/C30H28FN3O3/c1-2-37-26-14-8-5-11-21(26)29-28-22(20-10-4-7-13-24(20)32-28)17-25-30(36)33(18-27(35)34(25)29)16-15-19-9-3-6-12-23(19)31/h3-14,25,29,32H,2,15-18H2,1H3. The molecule has 0 aliphatic carbocycles. The van der Waals surface area contributed by atoms with Gasteiger partial charge in [-0.05, 0) is 42.7 Å². The molecule has 2 unspecified atom stereocenters. The number of hydrogen-bond acceptors (Lipinski definition) is 3. The molecule has 0 saturated carbocycles. The number of halogens is 1. The molecule has 1 aromatic heterocycles. The first kappa shape index (κ1) is 23.3. The van der Waals surface area contributed by atoms with Crippen molar-refractivity contribution in [3.63, 3.8) is 0 Å². The second-order valence-corrected chi connectivity index (χ2v) is 9.56. The molecule has 2 amide bonds. The Morgan fingerprint density at radius 2 is 1.76 bits per heavy atom. The lowest BCUT2D eigenvalue weighted by Crippen LogP contribution is -2.63. The Kier molecular flexibility index (Phi) is 5.91. The highest BCUT2D eigenvalue weighted by atomic mass is 19.1. The Morgan fingerprint density at radius 3 is 2.59 bits per heavy atom. The molecule has 1 N–H and O–H groups in total. The number of piperazine rings is 1. The van der Waals surface area contributed by atoms with Gasteiger partial charge in [0.25, 0.3) is 0 Å². The highest BCUT2D eigenvalue weighted by Crippen LogP contribution is 2.44. The van der Waals surface area contributed by atoms with Gasteiger partial charge in [0, 0.05) is 35.1 Å². The fourth-order valence-electron chi connectivity index (χ4n) is 5.79. The first-order chi connectivity index (χ1) is 18.1. The summed E-state index contributed by atoms with van der Waals surface area (Å²) in [4.78, 5) is 34.5. The van der Waals surface area contributed by atoms with Crippen LogP contribution < -0.4 is 4.74 Å². The average Bonchev–Trinajstić information content (AvgIpc) is 3.29. The highest BCUT2D eigenvalue weighted by molar-refractivity contribution is 5.97. The summed E-state index contributed by atoms with van der Waals surface area (Å²) in [5.41, 5.74) is 4.33. The minimum atomic E-state index is -0.645. The van der Waals surface area contributed by atoms with E-state index in [-0.39, 0.29) is 30.7 Å². The van der Waals surface area contributed by atoms with Gasteiger partial charge >= 0.3 is 0 Å². The van der Waals surface area contributed by atoms with E-state index in [0.717, 1.165) is 27.7 Å². The lowest BCUT2D eigenvalue weighted by Gasteiger charge is -2.47. The maximum Gasteiger partial charge on any atom is 0.246 e. The summed E-state index contributed by atoms with van der Waals surface area (Å²) in [5, 5.41) is 1.06. The molecule has 0 spiro atoms. The second-order valence-electron chi connectivity index (χ2n) is 9.56. The number of carbonyl (C=O) groups is 2. The number of H-pyrrole nitrogens is 1. The third kappa shape index (κ3) is 3.95. The molecule has 1 fully saturated rings. The van der Waals surface area contributed by atoms with Crippen molar-refractivity contribution in [3.05, 3.63) is 101 Å². The fraction of sp³-hybridized carbons (Fsp3) is 0.267. The van der Waals surface area contributed by atoms with Crippen LogP contribution in [0.4, 0.5) is 4.39 Å². The van der Waals surface area contributed by atoms with Crippen LogP contribution in [0.15, 0.2) is 72.8 Å². The zero-order valence-corrected chi connectivity index (χ0v) is 20.6. The van der Waals surface area contributed by atoms with E-state index in [1.165, 1.54) is 6.07 Å². The first-order valence-corrected chi connectivity index (χ1v) is 12.7. The van der Waals surface area contributed by atoms with Crippen LogP contribution >= 0.6 is 0 Å². The molecule has 2 aliphatic heterocycles.